The predicted molar refractivity (Wildman–Crippen MR) is 112 cm³/mol. The smallest absolute Gasteiger partial charge is 0.326 e. The van der Waals surface area contributed by atoms with E-state index in [0.717, 1.165) is 0 Å². The first-order chi connectivity index (χ1) is 16.3. The highest BCUT2D eigenvalue weighted by molar-refractivity contribution is 5.97. The Kier molecular flexibility index (Phi) is 10.8. The lowest BCUT2D eigenvalue weighted by molar-refractivity contribution is -0.147. The van der Waals surface area contributed by atoms with Gasteiger partial charge >= 0.3 is 17.9 Å². The molecular weight excluding hydrogens is 474 g/mol. The largest absolute Gasteiger partial charge is 0.481 e. The van der Waals surface area contributed by atoms with Gasteiger partial charge in [0.05, 0.1) is 31.6 Å². The van der Waals surface area contributed by atoms with Crippen molar-refractivity contribution in [3.05, 3.63) is 18.2 Å². The molecule has 0 saturated carbocycles. The van der Waals surface area contributed by atoms with Crippen molar-refractivity contribution in [2.45, 2.75) is 49.9 Å². The summed E-state index contributed by atoms with van der Waals surface area (Å²) in [6, 6.07) is -6.66. The third-order valence-electron chi connectivity index (χ3n) is 4.37. The highest BCUT2D eigenvalue weighted by Gasteiger charge is 2.32. The first kappa shape index (κ1) is 28.5. The van der Waals surface area contributed by atoms with Crippen LogP contribution in [0.5, 0.6) is 0 Å². The van der Waals surface area contributed by atoms with Crippen molar-refractivity contribution >= 4 is 41.5 Å². The topological polar surface area (TPSA) is 297 Å². The molecule has 1 rings (SSSR count). The molecule has 35 heavy (non-hydrogen) atoms. The number of nitrogens with two attached hydrogens (primary N) is 2. The normalized spacial score (nSPS) is 14.0. The maximum atomic E-state index is 12.7. The lowest BCUT2D eigenvalue weighted by Gasteiger charge is -2.23. The van der Waals surface area contributed by atoms with Crippen LogP contribution in [0.1, 0.15) is 25.0 Å². The van der Waals surface area contributed by atoms with Gasteiger partial charge in [0.15, 0.2) is 0 Å². The van der Waals surface area contributed by atoms with Gasteiger partial charge in [0.25, 0.3) is 0 Å². The number of H-pyrrole nitrogens is 1. The molecule has 0 aliphatic heterocycles. The molecule has 11 N–H and O–H groups in total. The maximum Gasteiger partial charge on any atom is 0.326 e. The Labute approximate surface area is 196 Å². The van der Waals surface area contributed by atoms with Crippen LogP contribution in [-0.4, -0.2) is 91.0 Å². The van der Waals surface area contributed by atoms with Crippen molar-refractivity contribution in [1.82, 2.24) is 25.9 Å². The Morgan fingerprint density at radius 1 is 0.829 bits per heavy atom. The standard InChI is InChI=1S/C18H25N7O10/c19-8(1-7-5-21-6-22-7)15(31)23-10(3-13(27)28)17(33)24-9(2-12(20)26)16(32)25-11(18(34)35)4-14(29)30/h5-6,8-11H,1-4,19H2,(H2,20,26)(H,21,22)(H,23,31)(H,24,33)(H,25,32)(H,27,28)(H,29,30)(H,34,35). The van der Waals surface area contributed by atoms with E-state index < -0.39 is 85.0 Å². The number of carbonyl (C=O) groups is 7. The number of imidazole rings is 1. The van der Waals surface area contributed by atoms with Crippen LogP contribution in [0, 0.1) is 0 Å². The number of nitrogens with one attached hydrogen (secondary N) is 4. The summed E-state index contributed by atoms with van der Waals surface area (Å²) in [5.74, 6) is -9.27. The Bertz CT molecular complexity index is 965. The third-order valence-corrected chi connectivity index (χ3v) is 4.37. The van der Waals surface area contributed by atoms with Gasteiger partial charge in [-0.3, -0.25) is 28.8 Å². The van der Waals surface area contributed by atoms with E-state index in [4.69, 9.17) is 26.8 Å². The predicted octanol–water partition coefficient (Wildman–Crippen LogP) is -4.36. The van der Waals surface area contributed by atoms with E-state index >= 15 is 0 Å². The van der Waals surface area contributed by atoms with Gasteiger partial charge in [-0.1, -0.05) is 0 Å². The number of primary amides is 1. The number of aliphatic carboxylic acids is 3. The summed E-state index contributed by atoms with van der Waals surface area (Å²) in [7, 11) is 0. The lowest BCUT2D eigenvalue weighted by atomic mass is 10.1. The van der Waals surface area contributed by atoms with Crippen LogP contribution in [0.15, 0.2) is 12.5 Å². The van der Waals surface area contributed by atoms with Gasteiger partial charge in [0, 0.05) is 18.3 Å². The van der Waals surface area contributed by atoms with Crippen LogP contribution in [-0.2, 0) is 40.0 Å². The number of aromatic nitrogens is 2. The maximum absolute atomic E-state index is 12.7. The van der Waals surface area contributed by atoms with Gasteiger partial charge in [-0.25, -0.2) is 9.78 Å². The third kappa shape index (κ3) is 10.3. The molecule has 1 heterocycles. The molecule has 17 nitrogen and oxygen atoms in total. The first-order valence-electron chi connectivity index (χ1n) is 9.88. The van der Waals surface area contributed by atoms with E-state index in [0.29, 0.717) is 5.69 Å². The number of hydrogen-bond acceptors (Lipinski definition) is 9. The summed E-state index contributed by atoms with van der Waals surface area (Å²) >= 11 is 0. The molecule has 192 valence electrons. The van der Waals surface area contributed by atoms with E-state index in [1.165, 1.54) is 12.5 Å². The van der Waals surface area contributed by atoms with Crippen LogP contribution in [0.2, 0.25) is 0 Å². The fraction of sp³-hybridized carbons (Fsp3) is 0.444. The summed E-state index contributed by atoms with van der Waals surface area (Å²) < 4.78 is 0. The second kappa shape index (κ2) is 13.2. The van der Waals surface area contributed by atoms with Crippen molar-refractivity contribution in [3.8, 4) is 0 Å². The number of rotatable bonds is 15. The Morgan fingerprint density at radius 2 is 1.31 bits per heavy atom. The molecule has 0 bridgehead atoms. The molecule has 4 atom stereocenters. The first-order valence-corrected chi connectivity index (χ1v) is 9.88. The minimum atomic E-state index is -1.90. The molecule has 0 fully saturated rings. The highest BCUT2D eigenvalue weighted by atomic mass is 16.4. The molecular formula is C18H25N7O10. The van der Waals surface area contributed by atoms with Crippen LogP contribution in [0.3, 0.4) is 0 Å². The van der Waals surface area contributed by atoms with Crippen LogP contribution in [0.4, 0.5) is 0 Å². The summed E-state index contributed by atoms with van der Waals surface area (Å²) in [4.78, 5) is 88.5. The van der Waals surface area contributed by atoms with Crippen LogP contribution in [0.25, 0.3) is 0 Å². The zero-order valence-electron chi connectivity index (χ0n) is 18.1. The van der Waals surface area contributed by atoms with Gasteiger partial charge < -0.3 is 47.7 Å². The number of carboxylic acid groups (broad SMARTS) is 3. The average Bonchev–Trinajstić information content (AvgIpc) is 3.23. The molecule has 0 spiro atoms. The number of aromatic amines is 1. The molecule has 0 aromatic carbocycles. The minimum Gasteiger partial charge on any atom is -0.481 e. The molecule has 1 aromatic rings. The SMILES string of the molecule is NC(=O)CC(NC(=O)C(CC(=O)O)NC(=O)C(N)Cc1cnc[nH]1)C(=O)NC(CC(=O)O)C(=O)O. The van der Waals surface area contributed by atoms with Gasteiger partial charge in [0.2, 0.25) is 23.6 Å². The number of carbonyl (C=O) groups excluding carboxylic acids is 4. The quantitative estimate of drug-likeness (QED) is 0.111. The van der Waals surface area contributed by atoms with Crippen molar-refractivity contribution < 1.29 is 48.9 Å². The average molecular weight is 499 g/mol. The van der Waals surface area contributed by atoms with E-state index in [9.17, 15) is 33.6 Å². The number of carboxylic acids is 3. The Morgan fingerprint density at radius 3 is 1.77 bits per heavy atom. The molecule has 0 saturated heterocycles. The number of nitrogens with zero attached hydrogens (tertiary/aromatic N) is 1. The molecule has 4 amide bonds. The van der Waals surface area contributed by atoms with Gasteiger partial charge in [0.1, 0.15) is 18.1 Å². The van der Waals surface area contributed by atoms with Crippen molar-refractivity contribution in [2.75, 3.05) is 0 Å². The van der Waals surface area contributed by atoms with Crippen molar-refractivity contribution in [1.29, 1.82) is 0 Å². The molecule has 4 unspecified atom stereocenters. The molecule has 17 heteroatoms. The second-order valence-corrected chi connectivity index (χ2v) is 7.28. The lowest BCUT2D eigenvalue weighted by Crippen LogP contribution is -2.58. The Balaban J connectivity index is 2.97. The molecule has 0 aliphatic carbocycles. The van der Waals surface area contributed by atoms with Gasteiger partial charge in [-0.15, -0.1) is 0 Å². The fourth-order valence-corrected chi connectivity index (χ4v) is 2.72. The van der Waals surface area contributed by atoms with E-state index in [1.807, 2.05) is 10.6 Å². The molecule has 0 radical (unpaired) electrons. The summed E-state index contributed by atoms with van der Waals surface area (Å²) in [6.45, 7) is 0. The second-order valence-electron chi connectivity index (χ2n) is 7.28. The van der Waals surface area contributed by atoms with Crippen molar-refractivity contribution in [3.63, 3.8) is 0 Å². The van der Waals surface area contributed by atoms with Crippen LogP contribution < -0.4 is 27.4 Å². The highest BCUT2D eigenvalue weighted by Crippen LogP contribution is 2.03. The molecule has 1 aromatic heterocycles. The monoisotopic (exact) mass is 499 g/mol. The van der Waals surface area contributed by atoms with E-state index in [-0.39, 0.29) is 6.42 Å². The van der Waals surface area contributed by atoms with E-state index in [2.05, 4.69) is 15.3 Å². The minimum absolute atomic E-state index is 0.0277. The van der Waals surface area contributed by atoms with Crippen molar-refractivity contribution in [2.24, 2.45) is 11.5 Å². The number of amides is 4. The summed E-state index contributed by atoms with van der Waals surface area (Å²) in [5, 5.41) is 32.9. The van der Waals surface area contributed by atoms with Gasteiger partial charge in [-0.05, 0) is 0 Å². The summed E-state index contributed by atoms with van der Waals surface area (Å²) in [6.07, 6.45) is -0.0727. The fourth-order valence-electron chi connectivity index (χ4n) is 2.72. The van der Waals surface area contributed by atoms with Crippen LogP contribution >= 0.6 is 0 Å². The van der Waals surface area contributed by atoms with E-state index in [1.54, 1.807) is 0 Å². The number of hydrogen-bond donors (Lipinski definition) is 9. The zero-order chi connectivity index (χ0) is 26.7. The molecule has 0 aliphatic rings. The summed E-state index contributed by atoms with van der Waals surface area (Å²) in [5.41, 5.74) is 11.3. The zero-order valence-corrected chi connectivity index (χ0v) is 18.1. The van der Waals surface area contributed by atoms with Gasteiger partial charge in [-0.2, -0.15) is 0 Å². The Hall–Kier alpha value is -4.54.